The van der Waals surface area contributed by atoms with E-state index in [-0.39, 0.29) is 11.8 Å². The Labute approximate surface area is 189 Å². The van der Waals surface area contributed by atoms with Crippen LogP contribution in [0.25, 0.3) is 11.4 Å². The van der Waals surface area contributed by atoms with Gasteiger partial charge in [0, 0.05) is 22.8 Å². The first-order chi connectivity index (χ1) is 14.5. The number of carbonyl (C=O) groups excluding carboxylic acids is 1. The maximum atomic E-state index is 12.7. The van der Waals surface area contributed by atoms with Crippen molar-refractivity contribution in [3.8, 4) is 11.4 Å². The Hall–Kier alpha value is -2.12. The number of aromatic nitrogens is 2. The maximum Gasteiger partial charge on any atom is 0.241 e. The van der Waals surface area contributed by atoms with Crippen LogP contribution in [0.4, 0.5) is 5.69 Å². The highest BCUT2D eigenvalue weighted by Crippen LogP contribution is 2.26. The molecule has 0 aliphatic carbocycles. The normalized spacial score (nSPS) is 17.1. The number of halogens is 3. The van der Waals surface area contributed by atoms with E-state index in [2.05, 4.69) is 20.4 Å². The van der Waals surface area contributed by atoms with Crippen molar-refractivity contribution in [1.29, 1.82) is 0 Å². The Balaban J connectivity index is 1.36. The third kappa shape index (κ3) is 5.13. The number of amides is 1. The lowest BCUT2D eigenvalue weighted by Gasteiger charge is -2.30. The zero-order chi connectivity index (χ0) is 21.1. The van der Waals surface area contributed by atoms with Crippen LogP contribution < -0.4 is 5.32 Å². The summed E-state index contributed by atoms with van der Waals surface area (Å²) < 4.78 is 5.40. The van der Waals surface area contributed by atoms with Crippen LogP contribution in [0.3, 0.4) is 0 Å². The molecule has 156 valence electrons. The SMILES string of the molecule is O=C(Nc1ccc(Cl)c(Cl)c1)C1CCCN(Cc2nc(-c3ccc(Cl)cc3)no2)C1. The van der Waals surface area contributed by atoms with Crippen LogP contribution in [0.2, 0.25) is 15.1 Å². The minimum Gasteiger partial charge on any atom is -0.338 e. The van der Waals surface area contributed by atoms with Crippen LogP contribution in [0.15, 0.2) is 47.0 Å². The zero-order valence-electron chi connectivity index (χ0n) is 15.9. The summed E-state index contributed by atoms with van der Waals surface area (Å²) in [6.45, 7) is 1.98. The molecule has 30 heavy (non-hydrogen) atoms. The zero-order valence-corrected chi connectivity index (χ0v) is 18.2. The average molecular weight is 466 g/mol. The summed E-state index contributed by atoms with van der Waals surface area (Å²) in [5.41, 5.74) is 1.47. The van der Waals surface area contributed by atoms with E-state index >= 15 is 0 Å². The number of rotatable bonds is 5. The molecular weight excluding hydrogens is 447 g/mol. The number of likely N-dealkylation sites (tertiary alicyclic amines) is 1. The van der Waals surface area contributed by atoms with Crippen LogP contribution in [0.5, 0.6) is 0 Å². The van der Waals surface area contributed by atoms with E-state index in [0.717, 1.165) is 24.9 Å². The number of benzene rings is 2. The Morgan fingerprint density at radius 1 is 1.13 bits per heavy atom. The number of hydrogen-bond donors (Lipinski definition) is 1. The largest absolute Gasteiger partial charge is 0.338 e. The van der Waals surface area contributed by atoms with E-state index in [1.807, 2.05) is 12.1 Å². The van der Waals surface area contributed by atoms with Crippen molar-refractivity contribution < 1.29 is 9.32 Å². The molecule has 1 amide bonds. The molecule has 0 radical (unpaired) electrons. The maximum absolute atomic E-state index is 12.7. The molecule has 0 saturated carbocycles. The van der Waals surface area contributed by atoms with Gasteiger partial charge < -0.3 is 9.84 Å². The Morgan fingerprint density at radius 2 is 1.93 bits per heavy atom. The molecular formula is C21H19Cl3N4O2. The van der Waals surface area contributed by atoms with E-state index in [1.165, 1.54) is 0 Å². The average Bonchev–Trinajstić information content (AvgIpc) is 3.20. The molecule has 1 unspecified atom stereocenters. The van der Waals surface area contributed by atoms with Crippen LogP contribution in [0, 0.1) is 5.92 Å². The van der Waals surface area contributed by atoms with Gasteiger partial charge in [-0.3, -0.25) is 9.69 Å². The van der Waals surface area contributed by atoms with Crippen molar-refractivity contribution in [2.24, 2.45) is 5.92 Å². The summed E-state index contributed by atoms with van der Waals surface area (Å²) in [5.74, 6) is 0.871. The van der Waals surface area contributed by atoms with E-state index in [4.69, 9.17) is 39.3 Å². The van der Waals surface area contributed by atoms with Gasteiger partial charge in [0.15, 0.2) is 0 Å². The predicted molar refractivity (Wildman–Crippen MR) is 118 cm³/mol. The molecule has 2 heterocycles. The monoisotopic (exact) mass is 464 g/mol. The van der Waals surface area contributed by atoms with Crippen molar-refractivity contribution in [2.75, 3.05) is 18.4 Å². The molecule has 1 fully saturated rings. The van der Waals surface area contributed by atoms with E-state index in [1.54, 1.807) is 30.3 Å². The van der Waals surface area contributed by atoms with Gasteiger partial charge in [0.1, 0.15) is 0 Å². The van der Waals surface area contributed by atoms with E-state index in [0.29, 0.717) is 45.6 Å². The number of hydrogen-bond acceptors (Lipinski definition) is 5. The molecule has 1 aliphatic rings. The lowest BCUT2D eigenvalue weighted by molar-refractivity contribution is -0.121. The lowest BCUT2D eigenvalue weighted by atomic mass is 9.97. The summed E-state index contributed by atoms with van der Waals surface area (Å²) in [6.07, 6.45) is 1.74. The summed E-state index contributed by atoms with van der Waals surface area (Å²) in [4.78, 5) is 19.3. The third-order valence-corrected chi connectivity index (χ3v) is 5.98. The van der Waals surface area contributed by atoms with Crippen molar-refractivity contribution in [3.05, 3.63) is 63.4 Å². The highest BCUT2D eigenvalue weighted by atomic mass is 35.5. The van der Waals surface area contributed by atoms with Gasteiger partial charge in [0.25, 0.3) is 0 Å². The molecule has 9 heteroatoms. The number of nitrogens with one attached hydrogen (secondary N) is 1. The highest BCUT2D eigenvalue weighted by Gasteiger charge is 2.27. The van der Waals surface area contributed by atoms with Gasteiger partial charge in [-0.1, -0.05) is 40.0 Å². The van der Waals surface area contributed by atoms with Crippen LogP contribution >= 0.6 is 34.8 Å². The predicted octanol–water partition coefficient (Wildman–Crippen LogP) is 5.55. The Kier molecular flexibility index (Phi) is 6.58. The van der Waals surface area contributed by atoms with Crippen molar-refractivity contribution in [3.63, 3.8) is 0 Å². The van der Waals surface area contributed by atoms with Crippen molar-refractivity contribution in [2.45, 2.75) is 19.4 Å². The molecule has 2 aromatic carbocycles. The fraction of sp³-hybridized carbons (Fsp3) is 0.286. The van der Waals surface area contributed by atoms with Gasteiger partial charge in [-0.25, -0.2) is 0 Å². The molecule has 3 aromatic rings. The molecule has 1 N–H and O–H groups in total. The van der Waals surface area contributed by atoms with Crippen LogP contribution in [0.1, 0.15) is 18.7 Å². The summed E-state index contributed by atoms with van der Waals surface area (Å²) in [5, 5.41) is 8.49. The van der Waals surface area contributed by atoms with Gasteiger partial charge in [-0.2, -0.15) is 4.98 Å². The van der Waals surface area contributed by atoms with Gasteiger partial charge >= 0.3 is 0 Å². The number of nitrogens with zero attached hydrogens (tertiary/aromatic N) is 3. The molecule has 6 nitrogen and oxygen atoms in total. The molecule has 1 saturated heterocycles. The second-order valence-corrected chi connectivity index (χ2v) is 8.46. The molecule has 4 rings (SSSR count). The molecule has 1 aliphatic heterocycles. The first-order valence-electron chi connectivity index (χ1n) is 9.55. The molecule has 0 spiro atoms. The van der Waals surface area contributed by atoms with Gasteiger partial charge in [-0.15, -0.1) is 0 Å². The molecule has 1 atom stereocenters. The first kappa shape index (κ1) is 21.1. The lowest BCUT2D eigenvalue weighted by Crippen LogP contribution is -2.40. The topological polar surface area (TPSA) is 71.3 Å². The molecule has 0 bridgehead atoms. The quantitative estimate of drug-likeness (QED) is 0.535. The minimum atomic E-state index is -0.133. The minimum absolute atomic E-state index is 0.0366. The highest BCUT2D eigenvalue weighted by molar-refractivity contribution is 6.42. The standard InChI is InChI=1S/C21H19Cl3N4O2/c22-15-5-3-13(4-6-15)20-26-19(30-27-20)12-28-9-1-2-14(11-28)21(29)25-16-7-8-17(23)18(24)10-16/h3-8,10,14H,1-2,9,11-12H2,(H,25,29). The smallest absolute Gasteiger partial charge is 0.241 e. The van der Waals surface area contributed by atoms with E-state index in [9.17, 15) is 4.79 Å². The fourth-order valence-corrected chi connectivity index (χ4v) is 3.88. The van der Waals surface area contributed by atoms with Crippen LogP contribution in [-0.4, -0.2) is 34.0 Å². The molecule has 1 aromatic heterocycles. The summed E-state index contributed by atoms with van der Waals surface area (Å²) in [7, 11) is 0. The first-order valence-corrected chi connectivity index (χ1v) is 10.7. The second-order valence-electron chi connectivity index (χ2n) is 7.21. The van der Waals surface area contributed by atoms with Crippen molar-refractivity contribution >= 4 is 46.4 Å². The summed E-state index contributed by atoms with van der Waals surface area (Å²) in [6, 6.07) is 12.3. The third-order valence-electron chi connectivity index (χ3n) is 4.99. The van der Waals surface area contributed by atoms with Crippen LogP contribution in [-0.2, 0) is 11.3 Å². The fourth-order valence-electron chi connectivity index (χ4n) is 3.46. The van der Waals surface area contributed by atoms with Crippen molar-refractivity contribution in [1.82, 2.24) is 15.0 Å². The Morgan fingerprint density at radius 3 is 2.70 bits per heavy atom. The number of anilines is 1. The second kappa shape index (κ2) is 9.35. The van der Waals surface area contributed by atoms with Gasteiger partial charge in [-0.05, 0) is 61.9 Å². The summed E-state index contributed by atoms with van der Waals surface area (Å²) >= 11 is 17.9. The van der Waals surface area contributed by atoms with Gasteiger partial charge in [0.05, 0.1) is 22.5 Å². The number of piperidine rings is 1. The van der Waals surface area contributed by atoms with E-state index < -0.39 is 0 Å². The van der Waals surface area contributed by atoms with Gasteiger partial charge in [0.2, 0.25) is 17.6 Å². The Bertz CT molecular complexity index is 1040. The number of carbonyl (C=O) groups is 1.